The van der Waals surface area contributed by atoms with Gasteiger partial charge in [0.05, 0.1) is 10.2 Å². The summed E-state index contributed by atoms with van der Waals surface area (Å²) in [6.45, 7) is 1.99. The lowest BCUT2D eigenvalue weighted by Crippen LogP contribution is -1.94. The molecule has 0 atom stereocenters. The number of carbonyl (C=O) groups excluding carboxylic acids is 1. The van der Waals surface area contributed by atoms with Crippen molar-refractivity contribution in [1.29, 1.82) is 0 Å². The first-order valence-electron chi connectivity index (χ1n) is 2.88. The van der Waals surface area contributed by atoms with Crippen molar-refractivity contribution in [3.8, 4) is 0 Å². The maximum absolute atomic E-state index is 11.0. The van der Waals surface area contributed by atoms with Gasteiger partial charge in [-0.25, -0.2) is 0 Å². The van der Waals surface area contributed by atoms with Crippen LogP contribution in [0.25, 0.3) is 0 Å². The Morgan fingerprint density at radius 2 is 2.50 bits per heavy atom. The molecule has 3 heteroatoms. The molecule has 0 spiro atoms. The average Bonchev–Trinajstić information content (AvgIpc) is 2.34. The molecular weight excluding hydrogens is 212 g/mol. The molecule has 0 amide bonds. The third-order valence-corrected chi connectivity index (χ3v) is 2.73. The van der Waals surface area contributed by atoms with Crippen molar-refractivity contribution in [1.82, 2.24) is 0 Å². The van der Waals surface area contributed by atoms with E-state index < -0.39 is 0 Å². The van der Waals surface area contributed by atoms with E-state index in [1.165, 1.54) is 11.3 Å². The molecule has 0 aliphatic carbocycles. The number of rotatable bonds is 2. The van der Waals surface area contributed by atoms with Crippen molar-refractivity contribution < 1.29 is 4.79 Å². The van der Waals surface area contributed by atoms with Crippen LogP contribution in [0.3, 0.4) is 0 Å². The van der Waals surface area contributed by atoms with Crippen LogP contribution in [0, 0.1) is 6.92 Å². The molecule has 0 saturated heterocycles. The average molecular weight is 219 g/mol. The summed E-state index contributed by atoms with van der Waals surface area (Å²) < 4.78 is 0. The van der Waals surface area contributed by atoms with Crippen LogP contribution in [0.1, 0.15) is 15.2 Å². The van der Waals surface area contributed by atoms with Gasteiger partial charge in [0.15, 0.2) is 5.78 Å². The van der Waals surface area contributed by atoms with Crippen LogP contribution in [-0.4, -0.2) is 11.1 Å². The summed E-state index contributed by atoms with van der Waals surface area (Å²) in [7, 11) is 0. The van der Waals surface area contributed by atoms with E-state index in [1.54, 1.807) is 0 Å². The van der Waals surface area contributed by atoms with Crippen molar-refractivity contribution in [3.63, 3.8) is 0 Å². The van der Waals surface area contributed by atoms with Gasteiger partial charge in [0.1, 0.15) is 0 Å². The smallest absolute Gasteiger partial charge is 0.183 e. The Morgan fingerprint density at radius 3 is 2.90 bits per heavy atom. The van der Waals surface area contributed by atoms with Gasteiger partial charge >= 0.3 is 0 Å². The number of alkyl halides is 1. The SMILES string of the molecule is Cc1csc(C(=O)CBr)c1. The Hall–Kier alpha value is -0.150. The lowest BCUT2D eigenvalue weighted by molar-refractivity contribution is 0.102. The molecule has 1 heterocycles. The third-order valence-electron chi connectivity index (χ3n) is 1.13. The van der Waals surface area contributed by atoms with Crippen molar-refractivity contribution in [2.45, 2.75) is 6.92 Å². The molecule has 1 aromatic heterocycles. The molecule has 0 fully saturated rings. The number of hydrogen-bond donors (Lipinski definition) is 0. The molecule has 1 nitrogen and oxygen atoms in total. The second-order valence-electron chi connectivity index (χ2n) is 2.05. The van der Waals surface area contributed by atoms with Crippen molar-refractivity contribution >= 4 is 33.0 Å². The number of aryl methyl sites for hydroxylation is 1. The molecule has 0 aromatic carbocycles. The molecule has 1 aromatic rings. The number of Topliss-reactive ketones (excluding diaryl/α,β-unsaturated/α-hetero) is 1. The minimum Gasteiger partial charge on any atom is -0.292 e. The first-order chi connectivity index (χ1) is 4.74. The summed E-state index contributed by atoms with van der Waals surface area (Å²) in [6, 6.07) is 1.91. The Labute approximate surface area is 72.2 Å². The van der Waals surface area contributed by atoms with Crippen LogP contribution >= 0.6 is 27.3 Å². The fourth-order valence-corrected chi connectivity index (χ4v) is 1.97. The van der Waals surface area contributed by atoms with E-state index in [1.807, 2.05) is 18.4 Å². The van der Waals surface area contributed by atoms with Crippen LogP contribution in [-0.2, 0) is 0 Å². The lowest BCUT2D eigenvalue weighted by Gasteiger charge is -1.85. The maximum atomic E-state index is 11.0. The topological polar surface area (TPSA) is 17.1 Å². The lowest BCUT2D eigenvalue weighted by atomic mass is 10.3. The van der Waals surface area contributed by atoms with Crippen molar-refractivity contribution in [3.05, 3.63) is 21.9 Å². The van der Waals surface area contributed by atoms with Gasteiger partial charge in [-0.3, -0.25) is 4.79 Å². The van der Waals surface area contributed by atoms with Crippen LogP contribution in [0.15, 0.2) is 11.4 Å². The molecule has 0 radical (unpaired) electrons. The van der Waals surface area contributed by atoms with Gasteiger partial charge < -0.3 is 0 Å². The number of thiophene rings is 1. The fraction of sp³-hybridized carbons (Fsp3) is 0.286. The largest absolute Gasteiger partial charge is 0.292 e. The van der Waals surface area contributed by atoms with Crippen LogP contribution in [0.2, 0.25) is 0 Å². The zero-order valence-corrected chi connectivity index (χ0v) is 7.96. The van der Waals surface area contributed by atoms with E-state index in [4.69, 9.17) is 0 Å². The quantitative estimate of drug-likeness (QED) is 0.552. The molecule has 1 rings (SSSR count). The van der Waals surface area contributed by atoms with Gasteiger partial charge in [-0.15, -0.1) is 11.3 Å². The number of carbonyl (C=O) groups is 1. The van der Waals surface area contributed by atoms with E-state index in [9.17, 15) is 4.79 Å². The monoisotopic (exact) mass is 218 g/mol. The third kappa shape index (κ3) is 1.67. The molecule has 0 unspecified atom stereocenters. The van der Waals surface area contributed by atoms with Crippen molar-refractivity contribution in [2.24, 2.45) is 0 Å². The Bertz CT molecular complexity index is 242. The van der Waals surface area contributed by atoms with Gasteiger partial charge in [0, 0.05) is 0 Å². The Kier molecular flexibility index (Phi) is 2.63. The van der Waals surface area contributed by atoms with Crippen molar-refractivity contribution in [2.75, 3.05) is 5.33 Å². The Morgan fingerprint density at radius 1 is 1.80 bits per heavy atom. The standard InChI is InChI=1S/C7H7BrOS/c1-5-2-7(10-4-5)6(9)3-8/h2,4H,3H2,1H3. The van der Waals surface area contributed by atoms with Gasteiger partial charge in [0.25, 0.3) is 0 Å². The molecule has 10 heavy (non-hydrogen) atoms. The molecule has 0 saturated carbocycles. The van der Waals surface area contributed by atoms with Gasteiger partial charge in [0.2, 0.25) is 0 Å². The second kappa shape index (κ2) is 3.30. The second-order valence-corrected chi connectivity index (χ2v) is 3.52. The zero-order chi connectivity index (χ0) is 7.56. The predicted molar refractivity (Wildman–Crippen MR) is 47.2 cm³/mol. The summed E-state index contributed by atoms with van der Waals surface area (Å²) in [5.74, 6) is 0.165. The summed E-state index contributed by atoms with van der Waals surface area (Å²) in [4.78, 5) is 11.8. The van der Waals surface area contributed by atoms with Crippen LogP contribution < -0.4 is 0 Å². The first-order valence-corrected chi connectivity index (χ1v) is 4.88. The number of hydrogen-bond acceptors (Lipinski definition) is 2. The number of halogens is 1. The van der Waals surface area contributed by atoms with Crippen LogP contribution in [0.4, 0.5) is 0 Å². The highest BCUT2D eigenvalue weighted by Gasteiger charge is 2.04. The maximum Gasteiger partial charge on any atom is 0.183 e. The molecule has 54 valence electrons. The van der Waals surface area contributed by atoms with E-state index in [0.717, 1.165) is 10.4 Å². The van der Waals surface area contributed by atoms with Crippen LogP contribution in [0.5, 0.6) is 0 Å². The van der Waals surface area contributed by atoms with E-state index in [2.05, 4.69) is 15.9 Å². The fourth-order valence-electron chi connectivity index (χ4n) is 0.643. The zero-order valence-electron chi connectivity index (χ0n) is 5.56. The summed E-state index contributed by atoms with van der Waals surface area (Å²) >= 11 is 4.62. The number of ketones is 1. The highest BCUT2D eigenvalue weighted by Crippen LogP contribution is 2.14. The minimum atomic E-state index is 0.165. The normalized spacial score (nSPS) is 9.80. The van der Waals surface area contributed by atoms with E-state index in [0.29, 0.717) is 5.33 Å². The summed E-state index contributed by atoms with van der Waals surface area (Å²) in [5, 5.41) is 2.41. The predicted octanol–water partition coefficient (Wildman–Crippen LogP) is 2.63. The Balaban J connectivity index is 2.85. The van der Waals surface area contributed by atoms with Gasteiger partial charge in [-0.2, -0.15) is 0 Å². The minimum absolute atomic E-state index is 0.165. The highest BCUT2D eigenvalue weighted by atomic mass is 79.9. The van der Waals surface area contributed by atoms with E-state index in [-0.39, 0.29) is 5.78 Å². The summed E-state index contributed by atoms with van der Waals surface area (Å²) in [5.41, 5.74) is 1.16. The molecular formula is C7H7BrOS. The van der Waals surface area contributed by atoms with E-state index >= 15 is 0 Å². The molecule has 0 bridgehead atoms. The summed E-state index contributed by atoms with van der Waals surface area (Å²) in [6.07, 6.45) is 0. The van der Waals surface area contributed by atoms with Gasteiger partial charge in [-0.1, -0.05) is 15.9 Å². The molecule has 0 aliphatic heterocycles. The first kappa shape index (κ1) is 7.95. The molecule has 0 N–H and O–H groups in total. The van der Waals surface area contributed by atoms with Gasteiger partial charge in [-0.05, 0) is 23.9 Å². The molecule has 0 aliphatic rings. The highest BCUT2D eigenvalue weighted by molar-refractivity contribution is 9.09.